The molecule has 0 amide bonds. The Morgan fingerprint density at radius 3 is 1.47 bits per heavy atom. The van der Waals surface area contributed by atoms with E-state index in [0.717, 1.165) is 5.69 Å². The molecule has 0 aliphatic rings. The first kappa shape index (κ1) is 31.3. The Morgan fingerprint density at radius 2 is 0.792 bits per heavy atom. The lowest BCUT2D eigenvalue weighted by molar-refractivity contribution is 1.16. The molecule has 0 saturated carbocycles. The minimum atomic E-state index is 1.15. The molecule has 8 aromatic carbocycles. The molecule has 0 bridgehead atoms. The predicted molar refractivity (Wildman–Crippen MR) is 230 cm³/mol. The summed E-state index contributed by atoms with van der Waals surface area (Å²) < 4.78 is 7.54. The highest BCUT2D eigenvalue weighted by atomic mass is 32.1. The highest BCUT2D eigenvalue weighted by molar-refractivity contribution is 7.25. The van der Waals surface area contributed by atoms with Crippen molar-refractivity contribution in [3.63, 3.8) is 0 Å². The number of nitrogens with zero attached hydrogens (tertiary/aromatic N) is 2. The molecule has 2 nitrogen and oxygen atoms in total. The van der Waals surface area contributed by atoms with Gasteiger partial charge in [-0.15, -0.1) is 11.3 Å². The van der Waals surface area contributed by atoms with E-state index in [1.165, 1.54) is 91.7 Å². The van der Waals surface area contributed by atoms with Crippen molar-refractivity contribution in [2.75, 3.05) is 0 Å². The Morgan fingerprint density at radius 1 is 0.302 bits per heavy atom. The van der Waals surface area contributed by atoms with Crippen molar-refractivity contribution in [3.8, 4) is 33.6 Å². The maximum absolute atomic E-state index is 2.47. The monoisotopic (exact) mass is 696 g/mol. The first-order chi connectivity index (χ1) is 26.3. The van der Waals surface area contributed by atoms with E-state index >= 15 is 0 Å². The lowest BCUT2D eigenvalue weighted by Crippen LogP contribution is -1.97. The number of rotatable bonds is 4. The minimum Gasteiger partial charge on any atom is -0.309 e. The van der Waals surface area contributed by atoms with Crippen molar-refractivity contribution < 1.29 is 0 Å². The largest absolute Gasteiger partial charge is 0.309 e. The second kappa shape index (κ2) is 12.7. The minimum absolute atomic E-state index is 1.15. The molecule has 0 aliphatic carbocycles. The molecule has 3 aromatic heterocycles. The van der Waals surface area contributed by atoms with Crippen LogP contribution >= 0.6 is 11.3 Å². The number of benzene rings is 8. The van der Waals surface area contributed by atoms with Gasteiger partial charge in [-0.25, -0.2) is 0 Å². The fraction of sp³-hybridized carbons (Fsp3) is 0.0400. The zero-order valence-corrected chi connectivity index (χ0v) is 30.4. The van der Waals surface area contributed by atoms with Crippen LogP contribution in [0.5, 0.6) is 0 Å². The van der Waals surface area contributed by atoms with Crippen LogP contribution < -0.4 is 0 Å². The van der Waals surface area contributed by atoms with Gasteiger partial charge in [-0.3, -0.25) is 0 Å². The third-order valence-corrected chi connectivity index (χ3v) is 11.7. The molecule has 0 atom stereocenters. The summed E-state index contributed by atoms with van der Waals surface area (Å²) in [5.41, 5.74) is 12.0. The molecule has 3 heteroatoms. The number of hydrogen-bond donors (Lipinski definition) is 0. The van der Waals surface area contributed by atoms with Crippen LogP contribution in [0.15, 0.2) is 182 Å². The van der Waals surface area contributed by atoms with Crippen molar-refractivity contribution in [3.05, 3.63) is 182 Å². The first-order valence-electron chi connectivity index (χ1n) is 18.4. The molecule has 252 valence electrons. The molecule has 11 aromatic rings. The van der Waals surface area contributed by atoms with Crippen LogP contribution in [0.4, 0.5) is 0 Å². The summed E-state index contributed by atoms with van der Waals surface area (Å²) >= 11 is 1.86. The quantitative estimate of drug-likeness (QED) is 0.173. The van der Waals surface area contributed by atoms with Gasteiger partial charge in [0.05, 0.1) is 22.1 Å². The lowest BCUT2D eigenvalue weighted by Gasteiger charge is -2.12. The summed E-state index contributed by atoms with van der Waals surface area (Å²) in [7, 11) is 0. The Bertz CT molecular complexity index is 3130. The molecule has 0 fully saturated rings. The van der Waals surface area contributed by atoms with E-state index in [1.54, 1.807) is 0 Å². The number of hydrogen-bond acceptors (Lipinski definition) is 1. The predicted octanol–water partition coefficient (Wildman–Crippen LogP) is 14.6. The molecule has 0 saturated heterocycles. The van der Waals surface area contributed by atoms with E-state index in [0.29, 0.717) is 0 Å². The van der Waals surface area contributed by atoms with Gasteiger partial charge in [0, 0.05) is 53.1 Å². The van der Waals surface area contributed by atoms with Gasteiger partial charge in [-0.05, 0) is 89.0 Å². The van der Waals surface area contributed by atoms with Crippen LogP contribution in [-0.2, 0) is 0 Å². The topological polar surface area (TPSA) is 9.86 Å². The Hall–Kier alpha value is -6.42. The van der Waals surface area contributed by atoms with Gasteiger partial charge in [0.2, 0.25) is 0 Å². The van der Waals surface area contributed by atoms with Gasteiger partial charge in [0.25, 0.3) is 0 Å². The van der Waals surface area contributed by atoms with Crippen LogP contribution in [-0.4, -0.2) is 9.13 Å². The fourth-order valence-corrected chi connectivity index (χ4v) is 9.24. The zero-order chi connectivity index (χ0) is 35.5. The van der Waals surface area contributed by atoms with Crippen molar-refractivity contribution in [1.29, 1.82) is 0 Å². The highest BCUT2D eigenvalue weighted by Crippen LogP contribution is 2.41. The van der Waals surface area contributed by atoms with E-state index in [9.17, 15) is 0 Å². The van der Waals surface area contributed by atoms with E-state index in [2.05, 4.69) is 191 Å². The van der Waals surface area contributed by atoms with Crippen molar-refractivity contribution in [2.45, 2.75) is 13.8 Å². The SMILES string of the molecule is CC.c1ccc(-c2ccc3c(c2)c2ccccc2n3-c2ccc3c4cc(-c5ccccc5)ccc4n(-c4ccc5sc6ccccc6c5c4)c3c2)cc1. The second-order valence-corrected chi connectivity index (χ2v) is 14.4. The lowest BCUT2D eigenvalue weighted by atomic mass is 10.0. The van der Waals surface area contributed by atoms with Crippen LogP contribution in [0.3, 0.4) is 0 Å². The zero-order valence-electron chi connectivity index (χ0n) is 29.6. The van der Waals surface area contributed by atoms with Gasteiger partial charge >= 0.3 is 0 Å². The normalized spacial score (nSPS) is 11.6. The fourth-order valence-electron chi connectivity index (χ4n) is 8.15. The summed E-state index contributed by atoms with van der Waals surface area (Å²) in [5.74, 6) is 0. The molecule has 0 N–H and O–H groups in total. The first-order valence-corrected chi connectivity index (χ1v) is 19.2. The summed E-state index contributed by atoms with van der Waals surface area (Å²) in [6.07, 6.45) is 0. The number of aromatic nitrogens is 2. The molecule has 11 rings (SSSR count). The third kappa shape index (κ3) is 5.00. The smallest absolute Gasteiger partial charge is 0.0561 e. The standard InChI is InChI=1S/C48H30N2S.C2H6/c1-3-11-31(12-4-1)33-19-24-44-40(27-33)37-15-7-9-17-43(37)49(44)36-21-23-38-41-28-34(32-13-5-2-6-14-32)20-25-45(41)50(46(38)30-36)35-22-26-48-42(29-35)39-16-8-10-18-47(39)51-48;1-2/h1-30H;1-2H3. The number of fused-ring (bicyclic) bond motifs is 9. The molecule has 0 radical (unpaired) electrons. The molecular weight excluding hydrogens is 661 g/mol. The van der Waals surface area contributed by atoms with Crippen molar-refractivity contribution in [1.82, 2.24) is 9.13 Å². The average molecular weight is 697 g/mol. The van der Waals surface area contributed by atoms with Crippen LogP contribution in [0, 0.1) is 0 Å². The molecular formula is C50H36N2S. The van der Waals surface area contributed by atoms with Crippen LogP contribution in [0.25, 0.3) is 97.4 Å². The molecule has 0 unspecified atom stereocenters. The third-order valence-electron chi connectivity index (χ3n) is 10.5. The van der Waals surface area contributed by atoms with E-state index < -0.39 is 0 Å². The van der Waals surface area contributed by atoms with Gasteiger partial charge in [-0.2, -0.15) is 0 Å². The van der Waals surface area contributed by atoms with E-state index in [1.807, 2.05) is 25.2 Å². The number of para-hydroxylation sites is 1. The van der Waals surface area contributed by atoms with Crippen LogP contribution in [0.1, 0.15) is 13.8 Å². The Labute approximate surface area is 312 Å². The Kier molecular flexibility index (Phi) is 7.48. The van der Waals surface area contributed by atoms with E-state index in [4.69, 9.17) is 0 Å². The Balaban J connectivity index is 0.00000172. The summed E-state index contributed by atoms with van der Waals surface area (Å²) in [5, 5.41) is 7.63. The summed E-state index contributed by atoms with van der Waals surface area (Å²) in [6.45, 7) is 4.00. The number of thiophene rings is 1. The average Bonchev–Trinajstić information content (AvgIpc) is 3.88. The van der Waals surface area contributed by atoms with Crippen molar-refractivity contribution in [2.24, 2.45) is 0 Å². The molecule has 0 spiro atoms. The molecule has 0 aliphatic heterocycles. The maximum Gasteiger partial charge on any atom is 0.0561 e. The van der Waals surface area contributed by atoms with Gasteiger partial charge in [0.15, 0.2) is 0 Å². The molecule has 53 heavy (non-hydrogen) atoms. The van der Waals surface area contributed by atoms with Gasteiger partial charge in [0.1, 0.15) is 0 Å². The van der Waals surface area contributed by atoms with Crippen LogP contribution in [0.2, 0.25) is 0 Å². The van der Waals surface area contributed by atoms with Gasteiger partial charge < -0.3 is 9.13 Å². The second-order valence-electron chi connectivity index (χ2n) is 13.4. The summed E-state index contributed by atoms with van der Waals surface area (Å²) in [6, 6.07) is 66.8. The summed E-state index contributed by atoms with van der Waals surface area (Å²) in [4.78, 5) is 0. The van der Waals surface area contributed by atoms with E-state index in [-0.39, 0.29) is 0 Å². The van der Waals surface area contributed by atoms with Gasteiger partial charge in [-0.1, -0.05) is 129 Å². The maximum atomic E-state index is 2.47. The highest BCUT2D eigenvalue weighted by Gasteiger charge is 2.18. The van der Waals surface area contributed by atoms with Crippen molar-refractivity contribution >= 4 is 75.1 Å². The molecule has 3 heterocycles.